The monoisotopic (exact) mass is 462 g/mol. The normalized spacial score (nSPS) is 15.8. The predicted octanol–water partition coefficient (Wildman–Crippen LogP) is 4.04. The van der Waals surface area contributed by atoms with Crippen molar-refractivity contribution < 1.29 is 22.8 Å². The Morgan fingerprint density at radius 1 is 1.03 bits per heavy atom. The second-order valence-electron chi connectivity index (χ2n) is 8.58. The fourth-order valence-corrected chi connectivity index (χ4v) is 3.81. The van der Waals surface area contributed by atoms with Gasteiger partial charge in [0.05, 0.1) is 5.56 Å². The molecule has 2 aromatic rings. The molecule has 1 aliphatic heterocycles. The van der Waals surface area contributed by atoms with E-state index in [0.717, 1.165) is 12.3 Å². The Morgan fingerprint density at radius 3 is 2.36 bits per heavy atom. The van der Waals surface area contributed by atoms with Gasteiger partial charge in [-0.1, -0.05) is 44.2 Å². The highest BCUT2D eigenvalue weighted by Gasteiger charge is 2.32. The third kappa shape index (κ3) is 6.69. The van der Waals surface area contributed by atoms with E-state index in [-0.39, 0.29) is 17.7 Å². The number of nitrogens with one attached hydrogen (secondary N) is 1. The Kier molecular flexibility index (Phi) is 7.94. The van der Waals surface area contributed by atoms with Crippen LogP contribution in [0.3, 0.4) is 0 Å². The number of halogens is 3. The average molecular weight is 463 g/mol. The smallest absolute Gasteiger partial charge is 0.355 e. The molecule has 1 fully saturated rings. The van der Waals surface area contributed by atoms with Gasteiger partial charge in [-0.3, -0.25) is 9.59 Å². The van der Waals surface area contributed by atoms with Crippen molar-refractivity contribution in [2.45, 2.75) is 38.9 Å². The number of aromatic nitrogens is 1. The van der Waals surface area contributed by atoms with Crippen molar-refractivity contribution >= 4 is 17.6 Å². The molecule has 0 radical (unpaired) electrons. The molecule has 1 aromatic heterocycles. The second-order valence-corrected chi connectivity index (χ2v) is 8.58. The van der Waals surface area contributed by atoms with Crippen LogP contribution in [0, 0.1) is 5.92 Å². The number of hydrogen-bond donors (Lipinski definition) is 1. The van der Waals surface area contributed by atoms with Gasteiger partial charge in [0.1, 0.15) is 11.9 Å². The lowest BCUT2D eigenvalue weighted by Crippen LogP contribution is -2.44. The molecule has 0 bridgehead atoms. The van der Waals surface area contributed by atoms with Crippen LogP contribution in [0.2, 0.25) is 0 Å². The van der Waals surface area contributed by atoms with E-state index >= 15 is 0 Å². The van der Waals surface area contributed by atoms with Crippen molar-refractivity contribution in [3.05, 3.63) is 59.8 Å². The van der Waals surface area contributed by atoms with Crippen molar-refractivity contribution in [3.8, 4) is 0 Å². The summed E-state index contributed by atoms with van der Waals surface area (Å²) in [6, 6.07) is 10.7. The molecular formula is C24H29F3N4O2. The summed E-state index contributed by atoms with van der Waals surface area (Å²) in [4.78, 5) is 33.4. The number of benzene rings is 1. The van der Waals surface area contributed by atoms with Crippen LogP contribution < -0.4 is 10.2 Å². The average Bonchev–Trinajstić information content (AvgIpc) is 3.03. The van der Waals surface area contributed by atoms with Crippen molar-refractivity contribution in [2.24, 2.45) is 5.92 Å². The Labute approximate surface area is 191 Å². The Balaban J connectivity index is 1.71. The quantitative estimate of drug-likeness (QED) is 0.704. The van der Waals surface area contributed by atoms with Crippen LogP contribution in [0.25, 0.3) is 0 Å². The number of carbonyl (C=O) groups is 2. The summed E-state index contributed by atoms with van der Waals surface area (Å²) in [5.41, 5.74) is -0.0779. The largest absolute Gasteiger partial charge is 0.417 e. The summed E-state index contributed by atoms with van der Waals surface area (Å²) in [6.45, 7) is 5.75. The minimum absolute atomic E-state index is 0.166. The maximum absolute atomic E-state index is 13.4. The first-order chi connectivity index (χ1) is 15.6. The molecule has 6 nitrogen and oxygen atoms in total. The van der Waals surface area contributed by atoms with E-state index in [1.54, 1.807) is 4.90 Å². The first-order valence-electron chi connectivity index (χ1n) is 11.1. The summed E-state index contributed by atoms with van der Waals surface area (Å²) in [7, 11) is 0. The lowest BCUT2D eigenvalue weighted by Gasteiger charge is -2.27. The second kappa shape index (κ2) is 10.7. The number of anilines is 1. The van der Waals surface area contributed by atoms with Gasteiger partial charge in [0.2, 0.25) is 11.8 Å². The Morgan fingerprint density at radius 2 is 1.76 bits per heavy atom. The topological polar surface area (TPSA) is 65.5 Å². The zero-order valence-electron chi connectivity index (χ0n) is 18.8. The minimum Gasteiger partial charge on any atom is -0.355 e. The van der Waals surface area contributed by atoms with Crippen LogP contribution in [-0.4, -0.2) is 47.9 Å². The molecule has 0 saturated carbocycles. The van der Waals surface area contributed by atoms with Crippen LogP contribution in [0.15, 0.2) is 48.7 Å². The minimum atomic E-state index is -4.43. The third-order valence-electron chi connectivity index (χ3n) is 5.49. The van der Waals surface area contributed by atoms with Crippen LogP contribution in [-0.2, 0) is 15.8 Å². The number of hydrogen-bond acceptors (Lipinski definition) is 4. The van der Waals surface area contributed by atoms with Crippen molar-refractivity contribution in [1.29, 1.82) is 0 Å². The molecule has 178 valence electrons. The molecule has 0 aliphatic carbocycles. The van der Waals surface area contributed by atoms with Gasteiger partial charge >= 0.3 is 6.18 Å². The molecule has 3 rings (SSSR count). The number of nitrogens with zero attached hydrogens (tertiary/aromatic N) is 3. The van der Waals surface area contributed by atoms with Gasteiger partial charge in [-0.2, -0.15) is 13.2 Å². The molecule has 2 amide bonds. The molecule has 9 heteroatoms. The fraction of sp³-hybridized carbons (Fsp3) is 0.458. The predicted molar refractivity (Wildman–Crippen MR) is 119 cm³/mol. The molecule has 1 aromatic carbocycles. The molecule has 1 unspecified atom stereocenters. The number of amides is 2. The summed E-state index contributed by atoms with van der Waals surface area (Å²) >= 11 is 0. The van der Waals surface area contributed by atoms with E-state index in [4.69, 9.17) is 0 Å². The number of pyridine rings is 1. The Bertz CT molecular complexity index is 933. The van der Waals surface area contributed by atoms with Gasteiger partial charge in [-0.15, -0.1) is 0 Å². The summed E-state index contributed by atoms with van der Waals surface area (Å²) in [5.74, 6) is 0.236. The van der Waals surface area contributed by atoms with Crippen molar-refractivity contribution in [1.82, 2.24) is 15.2 Å². The summed E-state index contributed by atoms with van der Waals surface area (Å²) in [6.07, 6.45) is -2.64. The van der Waals surface area contributed by atoms with Gasteiger partial charge in [0.25, 0.3) is 0 Å². The molecule has 1 aliphatic rings. The molecule has 2 heterocycles. The van der Waals surface area contributed by atoms with E-state index in [9.17, 15) is 22.8 Å². The zero-order chi connectivity index (χ0) is 24.0. The van der Waals surface area contributed by atoms with Gasteiger partial charge in [0, 0.05) is 38.8 Å². The van der Waals surface area contributed by atoms with Gasteiger partial charge in [0.15, 0.2) is 0 Å². The maximum atomic E-state index is 13.4. The number of carbonyl (C=O) groups excluding carboxylic acids is 2. The highest BCUT2D eigenvalue weighted by molar-refractivity contribution is 5.88. The molecule has 0 spiro atoms. The summed E-state index contributed by atoms with van der Waals surface area (Å²) in [5, 5.41) is 2.88. The zero-order valence-corrected chi connectivity index (χ0v) is 18.8. The highest BCUT2D eigenvalue weighted by atomic mass is 19.4. The van der Waals surface area contributed by atoms with Crippen LogP contribution in [0.5, 0.6) is 0 Å². The molecule has 1 atom stereocenters. The first-order valence-corrected chi connectivity index (χ1v) is 11.1. The van der Waals surface area contributed by atoms with Crippen molar-refractivity contribution in [3.63, 3.8) is 0 Å². The van der Waals surface area contributed by atoms with Gasteiger partial charge in [-0.05, 0) is 30.0 Å². The van der Waals surface area contributed by atoms with Crippen LogP contribution in [0.4, 0.5) is 19.0 Å². The van der Waals surface area contributed by atoms with Crippen LogP contribution >= 0.6 is 0 Å². The van der Waals surface area contributed by atoms with Crippen molar-refractivity contribution in [2.75, 3.05) is 31.1 Å². The van der Waals surface area contributed by atoms with E-state index < -0.39 is 17.8 Å². The van der Waals surface area contributed by atoms with Gasteiger partial charge < -0.3 is 15.1 Å². The van der Waals surface area contributed by atoms with E-state index in [1.807, 2.05) is 49.1 Å². The Hall–Kier alpha value is -3.10. The molecular weight excluding hydrogens is 433 g/mol. The lowest BCUT2D eigenvalue weighted by molar-refractivity contribution is -0.138. The lowest BCUT2D eigenvalue weighted by atomic mass is 10.0. The van der Waals surface area contributed by atoms with E-state index in [0.29, 0.717) is 50.4 Å². The van der Waals surface area contributed by atoms with E-state index in [1.165, 1.54) is 6.07 Å². The standard InChI is InChI=1S/C24H29F3N4O2/c1-17(2)15-21(32)29-22(18-7-4-3-5-8-18)23(33)31-12-6-11-30(13-14-31)20-10-9-19(16-28-20)24(25,26)27/h3-5,7-10,16-17,22H,6,11-15H2,1-2H3,(H,29,32). The number of alkyl halides is 3. The molecule has 33 heavy (non-hydrogen) atoms. The van der Waals surface area contributed by atoms with E-state index in [2.05, 4.69) is 10.3 Å². The molecule has 1 N–H and O–H groups in total. The number of rotatable bonds is 6. The molecule has 1 saturated heterocycles. The highest BCUT2D eigenvalue weighted by Crippen LogP contribution is 2.29. The van der Waals surface area contributed by atoms with Crippen LogP contribution in [0.1, 0.15) is 43.9 Å². The SMILES string of the molecule is CC(C)CC(=O)NC(C(=O)N1CCCN(c2ccc(C(F)(F)F)cn2)CC1)c1ccccc1. The maximum Gasteiger partial charge on any atom is 0.417 e. The van der Waals surface area contributed by atoms with Gasteiger partial charge in [-0.25, -0.2) is 4.98 Å². The fourth-order valence-electron chi connectivity index (χ4n) is 3.81. The third-order valence-corrected chi connectivity index (χ3v) is 5.49. The summed E-state index contributed by atoms with van der Waals surface area (Å²) < 4.78 is 38.4. The first kappa shape index (κ1) is 24.5.